The van der Waals surface area contributed by atoms with Gasteiger partial charge < -0.3 is 14.4 Å². The summed E-state index contributed by atoms with van der Waals surface area (Å²) in [5, 5.41) is 9.86. The molecule has 0 aromatic carbocycles. The number of rotatable bonds is 4. The van der Waals surface area contributed by atoms with Crippen molar-refractivity contribution >= 4 is 0 Å². The summed E-state index contributed by atoms with van der Waals surface area (Å²) < 4.78 is 8.59. The second-order valence-corrected chi connectivity index (χ2v) is 6.59. The van der Waals surface area contributed by atoms with Crippen molar-refractivity contribution < 1.29 is 9.84 Å². The first-order valence-electron chi connectivity index (χ1n) is 8.22. The SMILES string of the molecule is CCC(O)c1ccn(CC2CCC3(CCCCC3)O2)c1. The van der Waals surface area contributed by atoms with Crippen LogP contribution in [0.1, 0.15) is 70.0 Å². The second kappa shape index (κ2) is 5.90. The summed E-state index contributed by atoms with van der Waals surface area (Å²) in [5.41, 5.74) is 1.24. The first kappa shape index (κ1) is 14.2. The summed E-state index contributed by atoms with van der Waals surface area (Å²) in [4.78, 5) is 0. The third-order valence-electron chi connectivity index (χ3n) is 5.06. The lowest BCUT2D eigenvalue weighted by Crippen LogP contribution is -2.32. The molecular formula is C17H27NO2. The molecule has 0 bridgehead atoms. The van der Waals surface area contributed by atoms with Crippen molar-refractivity contribution in [2.24, 2.45) is 0 Å². The Kier molecular flexibility index (Phi) is 4.18. The quantitative estimate of drug-likeness (QED) is 0.908. The number of aliphatic hydroxyl groups is 1. The van der Waals surface area contributed by atoms with Gasteiger partial charge in [0.05, 0.1) is 17.8 Å². The Morgan fingerprint density at radius 1 is 1.35 bits per heavy atom. The van der Waals surface area contributed by atoms with Gasteiger partial charge in [-0.15, -0.1) is 0 Å². The highest BCUT2D eigenvalue weighted by Gasteiger charge is 2.40. The zero-order valence-electron chi connectivity index (χ0n) is 12.6. The van der Waals surface area contributed by atoms with Gasteiger partial charge in [-0.1, -0.05) is 26.2 Å². The fraction of sp³-hybridized carbons (Fsp3) is 0.765. The molecule has 1 aromatic rings. The first-order valence-corrected chi connectivity index (χ1v) is 8.22. The summed E-state index contributed by atoms with van der Waals surface area (Å²) in [7, 11) is 0. The summed E-state index contributed by atoms with van der Waals surface area (Å²) in [5.74, 6) is 0. The average Bonchev–Trinajstić information content (AvgIpc) is 3.07. The molecule has 3 rings (SSSR count). The zero-order chi connectivity index (χ0) is 14.0. The van der Waals surface area contributed by atoms with Gasteiger partial charge in [0.25, 0.3) is 0 Å². The molecule has 1 saturated carbocycles. The summed E-state index contributed by atoms with van der Waals surface area (Å²) >= 11 is 0. The van der Waals surface area contributed by atoms with E-state index in [2.05, 4.69) is 17.0 Å². The van der Waals surface area contributed by atoms with Crippen LogP contribution in [0.5, 0.6) is 0 Å². The van der Waals surface area contributed by atoms with Crippen molar-refractivity contribution in [1.82, 2.24) is 4.57 Å². The van der Waals surface area contributed by atoms with E-state index in [1.807, 2.05) is 13.0 Å². The molecule has 0 amide bonds. The van der Waals surface area contributed by atoms with Gasteiger partial charge in [0, 0.05) is 18.9 Å². The molecule has 1 saturated heterocycles. The largest absolute Gasteiger partial charge is 0.388 e. The number of nitrogens with zero attached hydrogens (tertiary/aromatic N) is 1. The Balaban J connectivity index is 1.57. The Morgan fingerprint density at radius 3 is 2.90 bits per heavy atom. The molecule has 1 aliphatic heterocycles. The van der Waals surface area contributed by atoms with Crippen molar-refractivity contribution in [2.45, 2.75) is 82.6 Å². The van der Waals surface area contributed by atoms with Crippen LogP contribution < -0.4 is 0 Å². The second-order valence-electron chi connectivity index (χ2n) is 6.59. The molecular weight excluding hydrogens is 250 g/mol. The lowest BCUT2D eigenvalue weighted by atomic mass is 9.83. The Morgan fingerprint density at radius 2 is 2.15 bits per heavy atom. The highest BCUT2D eigenvalue weighted by molar-refractivity contribution is 5.13. The molecule has 2 fully saturated rings. The zero-order valence-corrected chi connectivity index (χ0v) is 12.6. The third-order valence-corrected chi connectivity index (χ3v) is 5.06. The van der Waals surface area contributed by atoms with Crippen molar-refractivity contribution in [2.75, 3.05) is 0 Å². The van der Waals surface area contributed by atoms with Crippen LogP contribution in [0, 0.1) is 0 Å². The van der Waals surface area contributed by atoms with Crippen molar-refractivity contribution in [3.8, 4) is 0 Å². The molecule has 1 N–H and O–H groups in total. The van der Waals surface area contributed by atoms with Crippen LogP contribution in [-0.2, 0) is 11.3 Å². The predicted octanol–water partition coefficient (Wildman–Crippen LogP) is 3.81. The van der Waals surface area contributed by atoms with E-state index in [4.69, 9.17) is 4.74 Å². The third kappa shape index (κ3) is 2.94. The number of hydrogen-bond acceptors (Lipinski definition) is 2. The van der Waals surface area contributed by atoms with E-state index in [1.165, 1.54) is 44.9 Å². The Hall–Kier alpha value is -0.800. The molecule has 0 radical (unpaired) electrons. The van der Waals surface area contributed by atoms with Gasteiger partial charge in [-0.2, -0.15) is 0 Å². The van der Waals surface area contributed by atoms with Gasteiger partial charge in [-0.05, 0) is 43.7 Å². The minimum absolute atomic E-state index is 0.210. The number of aromatic nitrogens is 1. The van der Waals surface area contributed by atoms with Crippen LogP contribution in [0.15, 0.2) is 18.5 Å². The van der Waals surface area contributed by atoms with E-state index < -0.39 is 0 Å². The van der Waals surface area contributed by atoms with Gasteiger partial charge in [0.1, 0.15) is 0 Å². The van der Waals surface area contributed by atoms with Crippen LogP contribution in [0.2, 0.25) is 0 Å². The van der Waals surface area contributed by atoms with Crippen LogP contribution in [0.3, 0.4) is 0 Å². The lowest BCUT2D eigenvalue weighted by Gasteiger charge is -2.33. The molecule has 2 heterocycles. The average molecular weight is 277 g/mol. The van der Waals surface area contributed by atoms with E-state index in [1.54, 1.807) is 0 Å². The number of aliphatic hydroxyl groups excluding tert-OH is 1. The van der Waals surface area contributed by atoms with E-state index in [0.29, 0.717) is 6.10 Å². The van der Waals surface area contributed by atoms with E-state index in [9.17, 15) is 5.11 Å². The molecule has 1 aromatic heterocycles. The van der Waals surface area contributed by atoms with Crippen LogP contribution >= 0.6 is 0 Å². The number of hydrogen-bond donors (Lipinski definition) is 1. The fourth-order valence-electron chi connectivity index (χ4n) is 3.83. The molecule has 3 nitrogen and oxygen atoms in total. The molecule has 1 aliphatic carbocycles. The normalized spacial score (nSPS) is 27.0. The van der Waals surface area contributed by atoms with Crippen molar-refractivity contribution in [1.29, 1.82) is 0 Å². The maximum Gasteiger partial charge on any atom is 0.0802 e. The highest BCUT2D eigenvalue weighted by atomic mass is 16.5. The molecule has 2 aliphatic rings. The Bertz CT molecular complexity index is 434. The van der Waals surface area contributed by atoms with Gasteiger partial charge in [-0.25, -0.2) is 0 Å². The van der Waals surface area contributed by atoms with Crippen LogP contribution in [0.25, 0.3) is 0 Å². The molecule has 2 unspecified atom stereocenters. The fourth-order valence-corrected chi connectivity index (χ4v) is 3.83. The molecule has 2 atom stereocenters. The minimum Gasteiger partial charge on any atom is -0.388 e. The van der Waals surface area contributed by atoms with E-state index >= 15 is 0 Å². The van der Waals surface area contributed by atoms with Crippen LogP contribution in [-0.4, -0.2) is 21.4 Å². The topological polar surface area (TPSA) is 34.4 Å². The van der Waals surface area contributed by atoms with Crippen molar-refractivity contribution in [3.05, 3.63) is 24.0 Å². The summed E-state index contributed by atoms with van der Waals surface area (Å²) in [6.07, 6.45) is 13.9. The van der Waals surface area contributed by atoms with Gasteiger partial charge in [0.2, 0.25) is 0 Å². The summed E-state index contributed by atoms with van der Waals surface area (Å²) in [6, 6.07) is 2.03. The smallest absolute Gasteiger partial charge is 0.0802 e. The van der Waals surface area contributed by atoms with Crippen LogP contribution in [0.4, 0.5) is 0 Å². The monoisotopic (exact) mass is 277 g/mol. The molecule has 112 valence electrons. The minimum atomic E-state index is -0.328. The maximum atomic E-state index is 9.86. The van der Waals surface area contributed by atoms with E-state index in [0.717, 1.165) is 18.5 Å². The number of ether oxygens (including phenoxy) is 1. The first-order chi connectivity index (χ1) is 9.71. The highest BCUT2D eigenvalue weighted by Crippen LogP contribution is 2.42. The van der Waals surface area contributed by atoms with Gasteiger partial charge in [-0.3, -0.25) is 0 Å². The van der Waals surface area contributed by atoms with Crippen molar-refractivity contribution in [3.63, 3.8) is 0 Å². The maximum absolute atomic E-state index is 9.86. The standard InChI is InChI=1S/C17H27NO2/c1-2-16(19)14-7-11-18(12-14)13-15-6-10-17(20-15)8-4-3-5-9-17/h7,11-12,15-16,19H,2-6,8-10,13H2,1H3. The van der Waals surface area contributed by atoms with Gasteiger partial charge >= 0.3 is 0 Å². The Labute approximate surface area is 121 Å². The molecule has 1 spiro atoms. The summed E-state index contributed by atoms with van der Waals surface area (Å²) in [6.45, 7) is 2.94. The lowest BCUT2D eigenvalue weighted by molar-refractivity contribution is -0.0679. The molecule has 3 heteroatoms. The van der Waals surface area contributed by atoms with Gasteiger partial charge in [0.15, 0.2) is 0 Å². The van der Waals surface area contributed by atoms with E-state index in [-0.39, 0.29) is 11.7 Å². The molecule has 20 heavy (non-hydrogen) atoms. The predicted molar refractivity (Wildman–Crippen MR) is 79.6 cm³/mol.